The Morgan fingerprint density at radius 2 is 1.73 bits per heavy atom. The standard InChI is InChI=1S/C5H8O2.C2H7N.H2O4S/c1-3-5(6)7-4-2;1-3-2;1-5(2,3)4/h3H,1,4H2,2H3;3H,1-2H3;(H2,1,2,3,4). The molecule has 0 radical (unpaired) electrons. The van der Waals surface area contributed by atoms with E-state index in [4.69, 9.17) is 17.5 Å². The molecule has 0 unspecified atom stereocenters. The van der Waals surface area contributed by atoms with Crippen LogP contribution in [0.1, 0.15) is 6.92 Å². The average Bonchev–Trinajstić information content (AvgIpc) is 2.03. The van der Waals surface area contributed by atoms with Gasteiger partial charge in [-0.15, -0.1) is 0 Å². The number of rotatable bonds is 2. The number of nitrogens with one attached hydrogen (secondary N) is 1. The molecule has 0 aromatic rings. The third-order valence-corrected chi connectivity index (χ3v) is 0.453. The molecular weight excluding hydrogens is 226 g/mol. The van der Waals surface area contributed by atoms with E-state index >= 15 is 0 Å². The second-order valence-corrected chi connectivity index (χ2v) is 2.80. The summed E-state index contributed by atoms with van der Waals surface area (Å²) in [6, 6.07) is 0. The Labute approximate surface area is 89.7 Å². The maximum atomic E-state index is 10.1. The van der Waals surface area contributed by atoms with Crippen molar-refractivity contribution in [3.63, 3.8) is 0 Å². The summed E-state index contributed by atoms with van der Waals surface area (Å²) < 4.78 is 36.0. The maximum absolute atomic E-state index is 10.1. The van der Waals surface area contributed by atoms with Crippen molar-refractivity contribution in [3.05, 3.63) is 12.7 Å². The third-order valence-electron chi connectivity index (χ3n) is 0.453. The highest BCUT2D eigenvalue weighted by Crippen LogP contribution is 1.74. The number of esters is 1. The average molecular weight is 243 g/mol. The first-order chi connectivity index (χ1) is 6.72. The van der Waals surface area contributed by atoms with Crippen LogP contribution in [0.25, 0.3) is 0 Å². The molecule has 0 spiro atoms. The number of carbonyl (C=O) groups is 1. The Hall–Kier alpha value is -0.960. The smallest absolute Gasteiger partial charge is 0.394 e. The van der Waals surface area contributed by atoms with Gasteiger partial charge in [-0.05, 0) is 21.0 Å². The topological polar surface area (TPSA) is 113 Å². The lowest BCUT2D eigenvalue weighted by molar-refractivity contribution is -0.137. The Balaban J connectivity index is -0.000000158. The fraction of sp³-hybridized carbons (Fsp3) is 0.571. The second kappa shape index (κ2) is 13.0. The molecule has 0 atom stereocenters. The lowest BCUT2D eigenvalue weighted by Gasteiger charge is -1.90. The van der Waals surface area contributed by atoms with Crippen LogP contribution in [0.2, 0.25) is 0 Å². The van der Waals surface area contributed by atoms with E-state index in [0.29, 0.717) is 6.61 Å². The van der Waals surface area contributed by atoms with Crippen molar-refractivity contribution in [3.8, 4) is 0 Å². The number of ether oxygens (including phenoxy) is 1. The summed E-state index contributed by atoms with van der Waals surface area (Å²) in [7, 11) is -0.917. The van der Waals surface area contributed by atoms with E-state index in [1.807, 2.05) is 14.1 Å². The van der Waals surface area contributed by atoms with Gasteiger partial charge in [0, 0.05) is 6.08 Å². The molecule has 7 nitrogen and oxygen atoms in total. The van der Waals surface area contributed by atoms with Crippen LogP contribution >= 0.6 is 0 Å². The van der Waals surface area contributed by atoms with E-state index in [-0.39, 0.29) is 5.97 Å². The summed E-state index contributed by atoms with van der Waals surface area (Å²) >= 11 is 0. The molecule has 0 amide bonds. The Morgan fingerprint density at radius 1 is 1.47 bits per heavy atom. The van der Waals surface area contributed by atoms with Gasteiger partial charge in [-0.1, -0.05) is 6.58 Å². The normalized spacial score (nSPS) is 8.60. The highest BCUT2D eigenvalue weighted by molar-refractivity contribution is 7.79. The first kappa shape index (κ1) is 19.6. The van der Waals surface area contributed by atoms with Crippen LogP contribution in [0, 0.1) is 0 Å². The highest BCUT2D eigenvalue weighted by atomic mass is 32.3. The summed E-state index contributed by atoms with van der Waals surface area (Å²) in [6.45, 7) is 5.38. The summed E-state index contributed by atoms with van der Waals surface area (Å²) in [5, 5.41) is 2.75. The van der Waals surface area contributed by atoms with Crippen LogP contribution in [0.15, 0.2) is 12.7 Å². The SMILES string of the molecule is C=CC(=O)OCC.CNC.O=S(=O)(O)O. The minimum atomic E-state index is -4.67. The van der Waals surface area contributed by atoms with Crippen molar-refractivity contribution < 1.29 is 27.1 Å². The fourth-order valence-corrected chi connectivity index (χ4v) is 0.201. The molecule has 0 fully saturated rings. The zero-order chi connectivity index (χ0) is 12.9. The minimum absolute atomic E-state index is 0.359. The molecule has 0 saturated heterocycles. The number of hydrogen-bond acceptors (Lipinski definition) is 5. The molecule has 0 aliphatic rings. The number of carbonyl (C=O) groups excluding carboxylic acids is 1. The molecule has 3 N–H and O–H groups in total. The quantitative estimate of drug-likeness (QED) is 0.353. The molecule has 0 heterocycles. The Kier molecular flexibility index (Phi) is 17.0. The van der Waals surface area contributed by atoms with Crippen LogP contribution in [0.4, 0.5) is 0 Å². The van der Waals surface area contributed by atoms with E-state index in [1.54, 1.807) is 6.92 Å². The molecule has 0 bridgehead atoms. The van der Waals surface area contributed by atoms with E-state index in [2.05, 4.69) is 16.6 Å². The van der Waals surface area contributed by atoms with Gasteiger partial charge in [-0.3, -0.25) is 9.11 Å². The lowest BCUT2D eigenvalue weighted by atomic mass is 10.6. The fourth-order valence-electron chi connectivity index (χ4n) is 0.201. The minimum Gasteiger partial charge on any atom is -0.463 e. The van der Waals surface area contributed by atoms with Crippen molar-refractivity contribution in [1.29, 1.82) is 0 Å². The van der Waals surface area contributed by atoms with Gasteiger partial charge in [0.1, 0.15) is 0 Å². The van der Waals surface area contributed by atoms with Gasteiger partial charge in [0.2, 0.25) is 0 Å². The summed E-state index contributed by atoms with van der Waals surface area (Å²) in [4.78, 5) is 10.1. The van der Waals surface area contributed by atoms with Gasteiger partial charge >= 0.3 is 16.4 Å². The van der Waals surface area contributed by atoms with Crippen molar-refractivity contribution in [2.24, 2.45) is 0 Å². The molecular formula is C7H17NO6S. The maximum Gasteiger partial charge on any atom is 0.394 e. The summed E-state index contributed by atoms with van der Waals surface area (Å²) in [5.41, 5.74) is 0. The molecule has 0 rings (SSSR count). The summed E-state index contributed by atoms with van der Waals surface area (Å²) in [5.74, 6) is -0.359. The third kappa shape index (κ3) is 97.4. The molecule has 15 heavy (non-hydrogen) atoms. The van der Waals surface area contributed by atoms with E-state index in [1.165, 1.54) is 0 Å². The van der Waals surface area contributed by atoms with Crippen molar-refractivity contribution in [1.82, 2.24) is 5.32 Å². The van der Waals surface area contributed by atoms with Gasteiger partial charge < -0.3 is 10.1 Å². The first-order valence-corrected chi connectivity index (χ1v) is 5.20. The monoisotopic (exact) mass is 243 g/mol. The van der Waals surface area contributed by atoms with E-state index in [9.17, 15) is 4.79 Å². The van der Waals surface area contributed by atoms with Crippen molar-refractivity contribution >= 4 is 16.4 Å². The first-order valence-electron chi connectivity index (χ1n) is 3.80. The predicted molar refractivity (Wildman–Crippen MR) is 56.0 cm³/mol. The molecule has 0 aromatic carbocycles. The van der Waals surface area contributed by atoms with Crippen LogP contribution in [0.5, 0.6) is 0 Å². The van der Waals surface area contributed by atoms with E-state index in [0.717, 1.165) is 6.08 Å². The largest absolute Gasteiger partial charge is 0.463 e. The van der Waals surface area contributed by atoms with Crippen LogP contribution < -0.4 is 5.32 Å². The van der Waals surface area contributed by atoms with Gasteiger partial charge in [0.25, 0.3) is 0 Å². The lowest BCUT2D eigenvalue weighted by Crippen LogP contribution is -1.97. The van der Waals surface area contributed by atoms with Crippen molar-refractivity contribution in [2.75, 3.05) is 20.7 Å². The van der Waals surface area contributed by atoms with Crippen LogP contribution in [0.3, 0.4) is 0 Å². The molecule has 0 aromatic heterocycles. The predicted octanol–water partition coefficient (Wildman–Crippen LogP) is -0.0817. The molecule has 92 valence electrons. The zero-order valence-electron chi connectivity index (χ0n) is 8.93. The second-order valence-electron chi connectivity index (χ2n) is 1.90. The number of hydrogen-bond donors (Lipinski definition) is 3. The highest BCUT2D eigenvalue weighted by Gasteiger charge is 1.86. The molecule has 0 aliphatic carbocycles. The molecule has 8 heteroatoms. The van der Waals surface area contributed by atoms with Gasteiger partial charge in [0.15, 0.2) is 0 Å². The van der Waals surface area contributed by atoms with E-state index < -0.39 is 10.4 Å². The summed E-state index contributed by atoms with van der Waals surface area (Å²) in [6.07, 6.45) is 1.14. The molecule has 0 saturated carbocycles. The van der Waals surface area contributed by atoms with Gasteiger partial charge in [-0.2, -0.15) is 8.42 Å². The molecule has 0 aliphatic heterocycles. The Morgan fingerprint density at radius 3 is 1.80 bits per heavy atom. The van der Waals surface area contributed by atoms with Crippen LogP contribution in [-0.4, -0.2) is 44.2 Å². The zero-order valence-corrected chi connectivity index (χ0v) is 9.74. The Bertz CT molecular complexity index is 240. The van der Waals surface area contributed by atoms with Crippen molar-refractivity contribution in [2.45, 2.75) is 6.92 Å². The van der Waals surface area contributed by atoms with Crippen LogP contribution in [-0.2, 0) is 19.9 Å². The van der Waals surface area contributed by atoms with Gasteiger partial charge in [0.05, 0.1) is 6.61 Å². The van der Waals surface area contributed by atoms with Gasteiger partial charge in [-0.25, -0.2) is 4.79 Å².